The molecule has 1 amide bonds. The van der Waals surface area contributed by atoms with Gasteiger partial charge in [-0.2, -0.15) is 4.99 Å². The van der Waals surface area contributed by atoms with Crippen molar-refractivity contribution in [1.82, 2.24) is 0 Å². The summed E-state index contributed by atoms with van der Waals surface area (Å²) in [6, 6.07) is 7.62. The molecule has 0 atom stereocenters. The van der Waals surface area contributed by atoms with Crippen molar-refractivity contribution in [1.29, 1.82) is 0 Å². The molecule has 2 N–H and O–H groups in total. The fourth-order valence-corrected chi connectivity index (χ4v) is 2.03. The zero-order chi connectivity index (χ0) is 13.0. The molecule has 0 unspecified atom stereocenters. The fraction of sp³-hybridized carbons (Fsp3) is 0.0769. The molecule has 1 aromatic carbocycles. The SMILES string of the molecule is COc1ccc(/C=C/C=C2/SC(N)=NC2=O)cc1. The Morgan fingerprint density at radius 3 is 2.61 bits per heavy atom. The van der Waals surface area contributed by atoms with Gasteiger partial charge >= 0.3 is 0 Å². The van der Waals surface area contributed by atoms with E-state index in [2.05, 4.69) is 4.99 Å². The van der Waals surface area contributed by atoms with E-state index >= 15 is 0 Å². The summed E-state index contributed by atoms with van der Waals surface area (Å²) in [6.45, 7) is 0. The Bertz CT molecular complexity index is 545. The maximum absolute atomic E-state index is 11.3. The fourth-order valence-electron chi connectivity index (χ4n) is 1.40. The van der Waals surface area contributed by atoms with Crippen molar-refractivity contribution < 1.29 is 9.53 Å². The average molecular weight is 260 g/mol. The van der Waals surface area contributed by atoms with Gasteiger partial charge in [0.15, 0.2) is 5.17 Å². The number of aliphatic imine (C=N–C) groups is 1. The van der Waals surface area contributed by atoms with Crippen LogP contribution in [0.4, 0.5) is 0 Å². The molecule has 1 aliphatic heterocycles. The number of ether oxygens (including phenoxy) is 1. The number of methoxy groups -OCH3 is 1. The van der Waals surface area contributed by atoms with E-state index in [1.807, 2.05) is 30.3 Å². The third-order valence-electron chi connectivity index (χ3n) is 2.29. The maximum atomic E-state index is 11.3. The molecule has 5 heteroatoms. The summed E-state index contributed by atoms with van der Waals surface area (Å²) < 4.78 is 5.07. The number of nitrogens with zero attached hydrogens (tertiary/aromatic N) is 1. The minimum absolute atomic E-state index is 0.281. The molecule has 0 bridgehead atoms. The number of hydrogen-bond donors (Lipinski definition) is 1. The van der Waals surface area contributed by atoms with E-state index in [0.717, 1.165) is 11.3 Å². The number of carbonyl (C=O) groups excluding carboxylic acids is 1. The molecule has 1 aliphatic rings. The monoisotopic (exact) mass is 260 g/mol. The van der Waals surface area contributed by atoms with Crippen LogP contribution in [0.5, 0.6) is 5.75 Å². The van der Waals surface area contributed by atoms with Crippen molar-refractivity contribution in [3.63, 3.8) is 0 Å². The van der Waals surface area contributed by atoms with Crippen molar-refractivity contribution >= 4 is 28.9 Å². The molecule has 0 saturated heterocycles. The Kier molecular flexibility index (Phi) is 3.84. The summed E-state index contributed by atoms with van der Waals surface area (Å²) in [4.78, 5) is 15.5. The van der Waals surface area contributed by atoms with Gasteiger partial charge < -0.3 is 10.5 Å². The van der Waals surface area contributed by atoms with E-state index in [1.54, 1.807) is 19.3 Å². The molecule has 0 fully saturated rings. The van der Waals surface area contributed by atoms with Crippen LogP contribution in [0.25, 0.3) is 6.08 Å². The lowest BCUT2D eigenvalue weighted by Gasteiger charge is -1.98. The number of hydrogen-bond acceptors (Lipinski definition) is 4. The van der Waals surface area contributed by atoms with Crippen LogP contribution in [0.3, 0.4) is 0 Å². The summed E-state index contributed by atoms with van der Waals surface area (Å²) in [7, 11) is 1.63. The van der Waals surface area contributed by atoms with Gasteiger partial charge in [-0.3, -0.25) is 4.79 Å². The predicted molar refractivity (Wildman–Crippen MR) is 74.3 cm³/mol. The topological polar surface area (TPSA) is 64.7 Å². The van der Waals surface area contributed by atoms with E-state index in [-0.39, 0.29) is 5.91 Å². The maximum Gasteiger partial charge on any atom is 0.286 e. The molecule has 0 aromatic heterocycles. The first-order chi connectivity index (χ1) is 8.69. The lowest BCUT2D eigenvalue weighted by atomic mass is 10.2. The quantitative estimate of drug-likeness (QED) is 0.846. The number of allylic oxidation sites excluding steroid dienone is 2. The lowest BCUT2D eigenvalue weighted by Crippen LogP contribution is -2.01. The van der Waals surface area contributed by atoms with Crippen LogP contribution < -0.4 is 10.5 Å². The molecular weight excluding hydrogens is 248 g/mol. The summed E-state index contributed by atoms with van der Waals surface area (Å²) in [5, 5.41) is 0.295. The Morgan fingerprint density at radius 1 is 1.33 bits per heavy atom. The minimum atomic E-state index is -0.281. The minimum Gasteiger partial charge on any atom is -0.497 e. The molecule has 0 saturated carbocycles. The first kappa shape index (κ1) is 12.4. The largest absolute Gasteiger partial charge is 0.497 e. The summed E-state index contributed by atoms with van der Waals surface area (Å²) in [5.74, 6) is 0.532. The van der Waals surface area contributed by atoms with Gasteiger partial charge in [0, 0.05) is 0 Å². The normalized spacial score (nSPS) is 17.5. The number of amidine groups is 1. The van der Waals surface area contributed by atoms with Gasteiger partial charge in [-0.25, -0.2) is 0 Å². The highest BCUT2D eigenvalue weighted by Crippen LogP contribution is 2.23. The number of amides is 1. The van der Waals surface area contributed by atoms with Gasteiger partial charge in [0.05, 0.1) is 12.0 Å². The van der Waals surface area contributed by atoms with Crippen molar-refractivity contribution in [2.75, 3.05) is 7.11 Å². The average Bonchev–Trinajstić information content (AvgIpc) is 2.69. The summed E-state index contributed by atoms with van der Waals surface area (Å²) in [5.41, 5.74) is 6.47. The van der Waals surface area contributed by atoms with Crippen molar-refractivity contribution in [2.45, 2.75) is 0 Å². The highest BCUT2D eigenvalue weighted by atomic mass is 32.2. The number of benzene rings is 1. The molecule has 0 aliphatic carbocycles. The number of nitrogens with two attached hydrogens (primary N) is 1. The molecule has 2 rings (SSSR count). The van der Waals surface area contributed by atoms with Crippen LogP contribution in [-0.4, -0.2) is 18.2 Å². The second kappa shape index (κ2) is 5.55. The number of rotatable bonds is 3. The second-order valence-corrected chi connectivity index (χ2v) is 4.58. The van der Waals surface area contributed by atoms with Crippen LogP contribution >= 0.6 is 11.8 Å². The van der Waals surface area contributed by atoms with Crippen LogP contribution in [0.1, 0.15) is 5.56 Å². The predicted octanol–water partition coefficient (Wildman–Crippen LogP) is 2.18. The van der Waals surface area contributed by atoms with E-state index < -0.39 is 0 Å². The van der Waals surface area contributed by atoms with E-state index in [1.165, 1.54) is 11.8 Å². The van der Waals surface area contributed by atoms with Gasteiger partial charge in [-0.1, -0.05) is 24.3 Å². The molecular formula is C13H12N2O2S. The van der Waals surface area contributed by atoms with Gasteiger partial charge in [-0.05, 0) is 35.5 Å². The van der Waals surface area contributed by atoms with Crippen LogP contribution in [0.2, 0.25) is 0 Å². The van der Waals surface area contributed by atoms with Crippen molar-refractivity contribution in [3.8, 4) is 5.75 Å². The standard InChI is InChI=1S/C13H12N2O2S/c1-17-10-7-5-9(6-8-10)3-2-4-11-12(16)15-13(14)18-11/h2-8H,1H3,(H2,14,15,16)/b3-2+,11-4+. The molecule has 0 radical (unpaired) electrons. The van der Waals surface area contributed by atoms with Crippen LogP contribution in [0, 0.1) is 0 Å². The number of thioether (sulfide) groups is 1. The zero-order valence-corrected chi connectivity index (χ0v) is 10.6. The van der Waals surface area contributed by atoms with Gasteiger partial charge in [-0.15, -0.1) is 0 Å². The highest BCUT2D eigenvalue weighted by molar-refractivity contribution is 8.18. The van der Waals surface area contributed by atoms with Gasteiger partial charge in [0.25, 0.3) is 5.91 Å². The van der Waals surface area contributed by atoms with E-state index in [4.69, 9.17) is 10.5 Å². The van der Waals surface area contributed by atoms with E-state index in [9.17, 15) is 4.79 Å². The smallest absolute Gasteiger partial charge is 0.286 e. The molecule has 1 aromatic rings. The first-order valence-corrected chi connectivity index (χ1v) is 6.09. The third kappa shape index (κ3) is 3.01. The summed E-state index contributed by atoms with van der Waals surface area (Å²) in [6.07, 6.45) is 5.41. The number of carbonyl (C=O) groups is 1. The zero-order valence-electron chi connectivity index (χ0n) is 9.79. The molecule has 0 spiro atoms. The molecule has 92 valence electrons. The Hall–Kier alpha value is -2.01. The van der Waals surface area contributed by atoms with Gasteiger partial charge in [0.2, 0.25) is 0 Å². The third-order valence-corrected chi connectivity index (χ3v) is 3.12. The molecule has 4 nitrogen and oxygen atoms in total. The Labute approximate surface area is 109 Å². The Balaban J connectivity index is 2.03. The lowest BCUT2D eigenvalue weighted by molar-refractivity contribution is -0.113. The first-order valence-electron chi connectivity index (χ1n) is 5.28. The van der Waals surface area contributed by atoms with Gasteiger partial charge in [0.1, 0.15) is 5.75 Å². The van der Waals surface area contributed by atoms with E-state index in [0.29, 0.717) is 10.1 Å². The Morgan fingerprint density at radius 2 is 2.06 bits per heavy atom. The van der Waals surface area contributed by atoms with Crippen LogP contribution in [0.15, 0.2) is 46.3 Å². The van der Waals surface area contributed by atoms with Crippen LogP contribution in [-0.2, 0) is 4.79 Å². The molecule has 1 heterocycles. The summed E-state index contributed by atoms with van der Waals surface area (Å²) >= 11 is 1.18. The second-order valence-electron chi connectivity index (χ2n) is 3.52. The van der Waals surface area contributed by atoms with Crippen molar-refractivity contribution in [3.05, 3.63) is 46.9 Å². The highest BCUT2D eigenvalue weighted by Gasteiger charge is 2.18. The van der Waals surface area contributed by atoms with Crippen molar-refractivity contribution in [2.24, 2.45) is 10.7 Å². The molecule has 18 heavy (non-hydrogen) atoms.